The van der Waals surface area contributed by atoms with E-state index in [0.717, 1.165) is 40.6 Å². The normalized spacial score (nSPS) is 22.3. The van der Waals surface area contributed by atoms with Crippen LogP contribution in [-0.4, -0.2) is 42.3 Å². The number of fused-ring (bicyclic) bond motifs is 1. The number of aliphatic hydroxyl groups excluding tert-OH is 2. The third-order valence-corrected chi connectivity index (χ3v) is 8.46. The molecule has 0 saturated heterocycles. The maximum absolute atomic E-state index is 13.1. The molecule has 5 rings (SSSR count). The molecule has 1 aliphatic carbocycles. The van der Waals surface area contributed by atoms with Crippen molar-refractivity contribution in [2.24, 2.45) is 24.8 Å². The standard InChI is InChI=1S/C30H38N4O3/c1-17(2)25-15-26(22(10-18(25)3)11-20-12-23(16-35)19(4)28(36)13-20)29-31-32-30(37)34(29)24-6-7-27-21(14-24)8-9-33(27)5/h6-10,14-15,17,19-20,23,28,35-36H,11-13,16H2,1-5H3,(H,32,37). The summed E-state index contributed by atoms with van der Waals surface area (Å²) in [7, 11) is 2.01. The zero-order valence-electron chi connectivity index (χ0n) is 22.4. The van der Waals surface area contributed by atoms with Crippen LogP contribution in [0, 0.1) is 24.7 Å². The Balaban J connectivity index is 1.62. The summed E-state index contributed by atoms with van der Waals surface area (Å²) in [6, 6.07) is 12.5. The maximum Gasteiger partial charge on any atom is 0.348 e. The Labute approximate surface area is 217 Å². The van der Waals surface area contributed by atoms with Crippen LogP contribution in [0.1, 0.15) is 56.2 Å². The van der Waals surface area contributed by atoms with Crippen LogP contribution in [0.4, 0.5) is 0 Å². The van der Waals surface area contributed by atoms with E-state index >= 15 is 0 Å². The molecule has 0 bridgehead atoms. The average molecular weight is 503 g/mol. The molecule has 2 aromatic heterocycles. The van der Waals surface area contributed by atoms with Gasteiger partial charge in [0.2, 0.25) is 0 Å². The molecule has 0 amide bonds. The van der Waals surface area contributed by atoms with Crippen molar-refractivity contribution < 1.29 is 10.2 Å². The molecule has 1 saturated carbocycles. The van der Waals surface area contributed by atoms with E-state index in [4.69, 9.17) is 0 Å². The number of hydrogen-bond acceptors (Lipinski definition) is 4. The summed E-state index contributed by atoms with van der Waals surface area (Å²) in [6.07, 6.45) is 3.93. The second kappa shape index (κ2) is 9.95. The molecule has 0 spiro atoms. The number of nitrogens with one attached hydrogen (secondary N) is 1. The molecular formula is C30H38N4O3. The first kappa shape index (κ1) is 25.5. The van der Waals surface area contributed by atoms with E-state index in [2.05, 4.69) is 47.7 Å². The number of benzene rings is 2. The van der Waals surface area contributed by atoms with Crippen LogP contribution >= 0.6 is 0 Å². The van der Waals surface area contributed by atoms with Gasteiger partial charge in [0.05, 0.1) is 11.8 Å². The van der Waals surface area contributed by atoms with Gasteiger partial charge >= 0.3 is 5.69 Å². The van der Waals surface area contributed by atoms with E-state index in [-0.39, 0.29) is 30.1 Å². The van der Waals surface area contributed by atoms with Gasteiger partial charge in [0.25, 0.3) is 0 Å². The fourth-order valence-electron chi connectivity index (χ4n) is 6.24. The van der Waals surface area contributed by atoms with Crippen molar-refractivity contribution in [2.75, 3.05) is 6.61 Å². The Bertz CT molecular complexity index is 1480. The summed E-state index contributed by atoms with van der Waals surface area (Å²) < 4.78 is 3.73. The Hall–Kier alpha value is -3.16. The van der Waals surface area contributed by atoms with Crippen molar-refractivity contribution in [3.05, 3.63) is 69.8 Å². The highest BCUT2D eigenvalue weighted by atomic mass is 16.3. The molecule has 3 N–H and O–H groups in total. The third kappa shape index (κ3) is 4.66. The second-order valence-electron chi connectivity index (χ2n) is 11.3. The molecule has 4 aromatic rings. The van der Waals surface area contributed by atoms with Gasteiger partial charge in [-0.05, 0) is 96.9 Å². The third-order valence-electron chi connectivity index (χ3n) is 8.46. The highest BCUT2D eigenvalue weighted by Gasteiger charge is 2.34. The summed E-state index contributed by atoms with van der Waals surface area (Å²) in [5.41, 5.74) is 6.10. The van der Waals surface area contributed by atoms with Gasteiger partial charge in [0, 0.05) is 36.3 Å². The average Bonchev–Trinajstić information content (AvgIpc) is 3.43. The minimum absolute atomic E-state index is 0.0910. The Morgan fingerprint density at radius 2 is 1.95 bits per heavy atom. The smallest absolute Gasteiger partial charge is 0.348 e. The van der Waals surface area contributed by atoms with Crippen LogP contribution in [0.25, 0.3) is 28.0 Å². The predicted molar refractivity (Wildman–Crippen MR) is 147 cm³/mol. The Morgan fingerprint density at radius 1 is 1.16 bits per heavy atom. The molecule has 7 heteroatoms. The van der Waals surface area contributed by atoms with Crippen LogP contribution in [0.3, 0.4) is 0 Å². The first-order valence-corrected chi connectivity index (χ1v) is 13.3. The number of aliphatic hydroxyl groups is 2. The molecular weight excluding hydrogens is 464 g/mol. The molecule has 1 fully saturated rings. The summed E-state index contributed by atoms with van der Waals surface area (Å²) >= 11 is 0. The lowest BCUT2D eigenvalue weighted by atomic mass is 9.71. The number of rotatable bonds is 6. The summed E-state index contributed by atoms with van der Waals surface area (Å²) in [5.74, 6) is 1.35. The highest BCUT2D eigenvalue weighted by Crippen LogP contribution is 2.38. The number of aromatic amines is 1. The van der Waals surface area contributed by atoms with Gasteiger partial charge < -0.3 is 14.8 Å². The topological polar surface area (TPSA) is 96.1 Å². The van der Waals surface area contributed by atoms with E-state index < -0.39 is 6.10 Å². The van der Waals surface area contributed by atoms with E-state index in [9.17, 15) is 15.0 Å². The van der Waals surface area contributed by atoms with Gasteiger partial charge in [0.15, 0.2) is 5.82 Å². The number of aromatic nitrogens is 4. The number of H-pyrrole nitrogens is 1. The van der Waals surface area contributed by atoms with Crippen molar-refractivity contribution in [3.8, 4) is 17.1 Å². The quantitative estimate of drug-likeness (QED) is 0.356. The Kier molecular flexibility index (Phi) is 6.86. The van der Waals surface area contributed by atoms with Gasteiger partial charge in [-0.15, -0.1) is 0 Å². The lowest BCUT2D eigenvalue weighted by Crippen LogP contribution is -2.37. The summed E-state index contributed by atoms with van der Waals surface area (Å²) in [5, 5.41) is 28.9. The van der Waals surface area contributed by atoms with Crippen LogP contribution in [0.5, 0.6) is 0 Å². The fraction of sp³-hybridized carbons (Fsp3) is 0.467. The minimum Gasteiger partial charge on any atom is -0.396 e. The Morgan fingerprint density at radius 3 is 2.68 bits per heavy atom. The van der Waals surface area contributed by atoms with E-state index in [1.165, 1.54) is 11.1 Å². The molecule has 1 aliphatic rings. The first-order valence-electron chi connectivity index (χ1n) is 13.3. The lowest BCUT2D eigenvalue weighted by molar-refractivity contribution is -0.00429. The van der Waals surface area contributed by atoms with Crippen molar-refractivity contribution >= 4 is 10.9 Å². The lowest BCUT2D eigenvalue weighted by Gasteiger charge is -2.37. The van der Waals surface area contributed by atoms with Crippen LogP contribution in [0.15, 0.2) is 47.4 Å². The summed E-state index contributed by atoms with van der Waals surface area (Å²) in [4.78, 5) is 13.1. The molecule has 4 atom stereocenters. The number of nitrogens with zero attached hydrogens (tertiary/aromatic N) is 3. The molecule has 0 radical (unpaired) electrons. The minimum atomic E-state index is -0.420. The largest absolute Gasteiger partial charge is 0.396 e. The van der Waals surface area contributed by atoms with Crippen molar-refractivity contribution in [1.82, 2.24) is 19.3 Å². The number of hydrogen-bond donors (Lipinski definition) is 3. The fourth-order valence-corrected chi connectivity index (χ4v) is 6.24. The molecule has 0 aliphatic heterocycles. The predicted octanol–water partition coefficient (Wildman–Crippen LogP) is 4.71. The zero-order chi connectivity index (χ0) is 26.4. The number of aryl methyl sites for hydroxylation is 2. The van der Waals surface area contributed by atoms with Gasteiger partial charge in [-0.25, -0.2) is 14.5 Å². The van der Waals surface area contributed by atoms with Gasteiger partial charge in [-0.2, -0.15) is 5.10 Å². The molecule has 7 nitrogen and oxygen atoms in total. The summed E-state index contributed by atoms with van der Waals surface area (Å²) in [6.45, 7) is 8.61. The van der Waals surface area contributed by atoms with Crippen molar-refractivity contribution in [2.45, 2.75) is 59.0 Å². The SMILES string of the molecule is Cc1cc(CC2CC(O)C(C)C(CO)C2)c(-c2n[nH]c(=O)n2-c2ccc3c(ccn3C)c2)cc1C(C)C. The monoisotopic (exact) mass is 502 g/mol. The van der Waals surface area contributed by atoms with Crippen molar-refractivity contribution in [3.63, 3.8) is 0 Å². The van der Waals surface area contributed by atoms with Crippen LogP contribution in [-0.2, 0) is 13.5 Å². The second-order valence-corrected chi connectivity index (χ2v) is 11.3. The van der Waals surface area contributed by atoms with Crippen LogP contribution < -0.4 is 5.69 Å². The van der Waals surface area contributed by atoms with E-state index in [1.807, 2.05) is 44.4 Å². The van der Waals surface area contributed by atoms with Gasteiger partial charge in [-0.3, -0.25) is 0 Å². The zero-order valence-corrected chi connectivity index (χ0v) is 22.4. The van der Waals surface area contributed by atoms with Gasteiger partial charge in [-0.1, -0.05) is 26.8 Å². The first-order chi connectivity index (χ1) is 17.7. The maximum atomic E-state index is 13.1. The van der Waals surface area contributed by atoms with E-state index in [1.54, 1.807) is 4.57 Å². The molecule has 37 heavy (non-hydrogen) atoms. The highest BCUT2D eigenvalue weighted by molar-refractivity contribution is 5.82. The molecule has 2 aromatic carbocycles. The molecule has 2 heterocycles. The van der Waals surface area contributed by atoms with Gasteiger partial charge in [0.1, 0.15) is 0 Å². The van der Waals surface area contributed by atoms with Crippen molar-refractivity contribution in [1.29, 1.82) is 0 Å². The van der Waals surface area contributed by atoms with E-state index in [0.29, 0.717) is 18.2 Å². The molecule has 4 unspecified atom stereocenters. The van der Waals surface area contributed by atoms with Crippen LogP contribution in [0.2, 0.25) is 0 Å². The molecule has 196 valence electrons.